The zero-order valence-electron chi connectivity index (χ0n) is 14.8. The van der Waals surface area contributed by atoms with Crippen LogP contribution >= 0.6 is 11.6 Å². The van der Waals surface area contributed by atoms with Gasteiger partial charge in [0.15, 0.2) is 6.61 Å². The van der Waals surface area contributed by atoms with Gasteiger partial charge in [-0.1, -0.05) is 38.3 Å². The molecule has 0 spiro atoms. The number of anilines is 1. The van der Waals surface area contributed by atoms with Crippen molar-refractivity contribution in [1.29, 1.82) is 0 Å². The lowest BCUT2D eigenvalue weighted by molar-refractivity contribution is -0.125. The van der Waals surface area contributed by atoms with Crippen molar-refractivity contribution in [3.63, 3.8) is 0 Å². The molecule has 0 unspecified atom stereocenters. The first-order chi connectivity index (χ1) is 11.8. The molecule has 7 heteroatoms. The maximum atomic E-state index is 12.2. The van der Waals surface area contributed by atoms with Crippen molar-refractivity contribution in [2.75, 3.05) is 19.5 Å². The molecule has 0 bridgehead atoms. The molecule has 1 aromatic rings. The molecule has 1 aliphatic carbocycles. The summed E-state index contributed by atoms with van der Waals surface area (Å²) < 4.78 is 10.2. The van der Waals surface area contributed by atoms with Crippen molar-refractivity contribution >= 4 is 29.2 Å². The molecular formula is C18H25ClN2O4. The molecule has 1 saturated carbocycles. The number of nitrogens with two attached hydrogens (primary N) is 1. The van der Waals surface area contributed by atoms with Gasteiger partial charge in [-0.25, -0.2) is 4.79 Å². The number of amides is 1. The van der Waals surface area contributed by atoms with Gasteiger partial charge < -0.3 is 20.5 Å². The summed E-state index contributed by atoms with van der Waals surface area (Å²) in [6.07, 6.45) is 3.23. The molecule has 3 atom stereocenters. The van der Waals surface area contributed by atoms with Gasteiger partial charge in [-0.3, -0.25) is 4.79 Å². The van der Waals surface area contributed by atoms with E-state index in [4.69, 9.17) is 26.8 Å². The second-order valence-corrected chi connectivity index (χ2v) is 7.00. The second-order valence-electron chi connectivity index (χ2n) is 6.59. The summed E-state index contributed by atoms with van der Waals surface area (Å²) in [6, 6.07) is 2.95. The van der Waals surface area contributed by atoms with Gasteiger partial charge in [0.25, 0.3) is 5.91 Å². The van der Waals surface area contributed by atoms with Crippen LogP contribution in [0.2, 0.25) is 5.02 Å². The molecular weight excluding hydrogens is 344 g/mol. The molecule has 0 saturated heterocycles. The zero-order valence-corrected chi connectivity index (χ0v) is 15.6. The molecule has 2 rings (SSSR count). The summed E-state index contributed by atoms with van der Waals surface area (Å²) in [4.78, 5) is 24.3. The molecule has 6 nitrogen and oxygen atoms in total. The summed E-state index contributed by atoms with van der Waals surface area (Å²) >= 11 is 5.94. The topological polar surface area (TPSA) is 90.7 Å². The van der Waals surface area contributed by atoms with Gasteiger partial charge in [-0.15, -0.1) is 0 Å². The van der Waals surface area contributed by atoms with E-state index in [9.17, 15) is 9.59 Å². The third kappa shape index (κ3) is 4.78. The molecule has 1 aromatic carbocycles. The Morgan fingerprint density at radius 1 is 1.32 bits per heavy atom. The molecule has 0 radical (unpaired) electrons. The fraction of sp³-hybridized carbons (Fsp3) is 0.556. The third-order valence-electron chi connectivity index (χ3n) is 4.93. The van der Waals surface area contributed by atoms with Crippen molar-refractivity contribution in [3.05, 3.63) is 22.7 Å². The van der Waals surface area contributed by atoms with Gasteiger partial charge in [0.1, 0.15) is 11.3 Å². The number of halogens is 1. The molecule has 0 aromatic heterocycles. The highest BCUT2D eigenvalue weighted by Crippen LogP contribution is 2.30. The summed E-state index contributed by atoms with van der Waals surface area (Å²) in [5, 5.41) is 3.19. The standard InChI is InChI=1S/C18H25ClN2O4/c1-10-5-4-6-15(11(10)2)21-17(22)9-25-18(23)12-7-13(19)14(20)8-16(12)24-3/h7-8,10-11,15H,4-6,9,20H2,1-3H3,(H,21,22)/t10-,11+,15+/m0/s1. The SMILES string of the molecule is COc1cc(N)c(Cl)cc1C(=O)OCC(=O)N[C@@H]1CCC[C@H](C)[C@H]1C. The van der Waals surface area contributed by atoms with Crippen LogP contribution in [0.4, 0.5) is 5.69 Å². The van der Waals surface area contributed by atoms with E-state index >= 15 is 0 Å². The summed E-state index contributed by atoms with van der Waals surface area (Å²) in [6.45, 7) is 3.99. The molecule has 138 valence electrons. The number of esters is 1. The Labute approximate surface area is 153 Å². The minimum atomic E-state index is -0.682. The second kappa shape index (κ2) is 8.43. The minimum Gasteiger partial charge on any atom is -0.496 e. The molecule has 3 N–H and O–H groups in total. The lowest BCUT2D eigenvalue weighted by Gasteiger charge is -2.34. The fourth-order valence-electron chi connectivity index (χ4n) is 3.14. The van der Waals surface area contributed by atoms with Gasteiger partial charge in [0.05, 0.1) is 17.8 Å². The van der Waals surface area contributed by atoms with E-state index in [1.165, 1.54) is 25.7 Å². The number of hydrogen-bond acceptors (Lipinski definition) is 5. The van der Waals surface area contributed by atoms with Crippen LogP contribution in [0.1, 0.15) is 43.5 Å². The number of nitrogens with one attached hydrogen (secondary N) is 1. The Morgan fingerprint density at radius 3 is 2.72 bits per heavy atom. The monoisotopic (exact) mass is 368 g/mol. The predicted molar refractivity (Wildman–Crippen MR) is 96.8 cm³/mol. The summed E-state index contributed by atoms with van der Waals surface area (Å²) in [5.74, 6) is 0.244. The molecule has 1 fully saturated rings. The normalized spacial score (nSPS) is 23.0. The van der Waals surface area contributed by atoms with Gasteiger partial charge in [-0.2, -0.15) is 0 Å². The van der Waals surface area contributed by atoms with Crippen LogP contribution in [-0.4, -0.2) is 31.6 Å². The van der Waals surface area contributed by atoms with Crippen molar-refractivity contribution < 1.29 is 19.1 Å². The van der Waals surface area contributed by atoms with Crippen molar-refractivity contribution in [3.8, 4) is 5.75 Å². The highest BCUT2D eigenvalue weighted by molar-refractivity contribution is 6.33. The number of nitrogen functional groups attached to an aromatic ring is 1. The maximum absolute atomic E-state index is 12.2. The number of carbonyl (C=O) groups excluding carboxylic acids is 2. The Morgan fingerprint density at radius 2 is 2.04 bits per heavy atom. The Kier molecular flexibility index (Phi) is 6.53. The highest BCUT2D eigenvalue weighted by atomic mass is 35.5. The van der Waals surface area contributed by atoms with Crippen LogP contribution in [0, 0.1) is 11.8 Å². The van der Waals surface area contributed by atoms with Crippen molar-refractivity contribution in [2.24, 2.45) is 11.8 Å². The Hall–Kier alpha value is -1.95. The number of ether oxygens (including phenoxy) is 2. The van der Waals surface area contributed by atoms with E-state index in [1.807, 2.05) is 0 Å². The van der Waals surface area contributed by atoms with E-state index in [-0.39, 0.29) is 34.9 Å². The van der Waals surface area contributed by atoms with Gasteiger partial charge in [0.2, 0.25) is 0 Å². The molecule has 25 heavy (non-hydrogen) atoms. The van der Waals surface area contributed by atoms with E-state index in [1.54, 1.807) is 0 Å². The first-order valence-electron chi connectivity index (χ1n) is 8.43. The Bertz CT molecular complexity index is 650. The van der Waals surface area contributed by atoms with E-state index in [0.717, 1.165) is 12.8 Å². The minimum absolute atomic E-state index is 0.121. The molecule has 1 aliphatic rings. The third-order valence-corrected chi connectivity index (χ3v) is 5.25. The average Bonchev–Trinajstić information content (AvgIpc) is 2.58. The lowest BCUT2D eigenvalue weighted by Crippen LogP contribution is -2.45. The quantitative estimate of drug-likeness (QED) is 0.615. The average molecular weight is 369 g/mol. The number of carbonyl (C=O) groups is 2. The van der Waals surface area contributed by atoms with Gasteiger partial charge in [-0.05, 0) is 24.3 Å². The van der Waals surface area contributed by atoms with Crippen molar-refractivity contribution in [2.45, 2.75) is 39.2 Å². The Balaban J connectivity index is 1.93. The number of benzene rings is 1. The van der Waals surface area contributed by atoms with Crippen LogP contribution in [-0.2, 0) is 9.53 Å². The van der Waals surface area contributed by atoms with Crippen LogP contribution in [0.15, 0.2) is 12.1 Å². The maximum Gasteiger partial charge on any atom is 0.342 e. The van der Waals surface area contributed by atoms with E-state index < -0.39 is 5.97 Å². The number of hydrogen-bond donors (Lipinski definition) is 2. The summed E-state index contributed by atoms with van der Waals surface area (Å²) in [7, 11) is 1.41. The van der Waals surface area contributed by atoms with Crippen molar-refractivity contribution in [1.82, 2.24) is 5.32 Å². The van der Waals surface area contributed by atoms with Crippen LogP contribution in [0.3, 0.4) is 0 Å². The molecule has 1 amide bonds. The van der Waals surface area contributed by atoms with Gasteiger partial charge >= 0.3 is 5.97 Å². The largest absolute Gasteiger partial charge is 0.496 e. The number of rotatable bonds is 5. The van der Waals surface area contributed by atoms with Crippen LogP contribution < -0.4 is 15.8 Å². The zero-order chi connectivity index (χ0) is 18.6. The van der Waals surface area contributed by atoms with Gasteiger partial charge in [0, 0.05) is 12.1 Å². The number of methoxy groups -OCH3 is 1. The van der Waals surface area contributed by atoms with Crippen LogP contribution in [0.5, 0.6) is 5.75 Å². The molecule has 0 aliphatic heterocycles. The van der Waals surface area contributed by atoms with E-state index in [2.05, 4.69) is 19.2 Å². The first-order valence-corrected chi connectivity index (χ1v) is 8.80. The first kappa shape index (κ1) is 19.4. The smallest absolute Gasteiger partial charge is 0.342 e. The fourth-order valence-corrected chi connectivity index (χ4v) is 3.30. The molecule has 0 heterocycles. The highest BCUT2D eigenvalue weighted by Gasteiger charge is 2.28. The van der Waals surface area contributed by atoms with Crippen LogP contribution in [0.25, 0.3) is 0 Å². The predicted octanol–water partition coefficient (Wildman–Crippen LogP) is 3.03. The summed E-state index contributed by atoms with van der Waals surface area (Å²) in [5.41, 5.74) is 6.12. The lowest BCUT2D eigenvalue weighted by atomic mass is 9.78. The van der Waals surface area contributed by atoms with E-state index in [0.29, 0.717) is 17.5 Å².